The molecule has 0 spiro atoms. The molecule has 0 radical (unpaired) electrons. The Morgan fingerprint density at radius 1 is 1.14 bits per heavy atom. The van der Waals surface area contributed by atoms with Crippen LogP contribution in [-0.4, -0.2) is 42.5 Å². The highest BCUT2D eigenvalue weighted by atomic mass is 32.1. The van der Waals surface area contributed by atoms with E-state index in [1.165, 1.54) is 17.7 Å². The van der Waals surface area contributed by atoms with Gasteiger partial charge in [-0.15, -0.1) is 27.8 Å². The van der Waals surface area contributed by atoms with Crippen molar-refractivity contribution in [1.29, 1.82) is 0 Å². The van der Waals surface area contributed by atoms with Gasteiger partial charge in [0.05, 0.1) is 21.3 Å². The zero-order valence-corrected chi connectivity index (χ0v) is 20.2. The van der Waals surface area contributed by atoms with Gasteiger partial charge in [0.2, 0.25) is 0 Å². The van der Waals surface area contributed by atoms with Gasteiger partial charge in [-0.05, 0) is 23.8 Å². The van der Waals surface area contributed by atoms with Crippen molar-refractivity contribution in [2.75, 3.05) is 22.5 Å². The SMILES string of the molecule is Cn1cc(-c2cc3ncnc(NCCc4cnc(NC(=O)Nc5cccc(CF)c5)s4)c3s2)nn1. The highest BCUT2D eigenvalue weighted by molar-refractivity contribution is 7.22. The molecule has 2 amide bonds. The maximum absolute atomic E-state index is 12.8. The fourth-order valence-electron chi connectivity index (χ4n) is 3.34. The minimum atomic E-state index is -0.586. The summed E-state index contributed by atoms with van der Waals surface area (Å²) >= 11 is 2.95. The Morgan fingerprint density at radius 2 is 2.06 bits per heavy atom. The minimum absolute atomic E-state index is 0.431. The van der Waals surface area contributed by atoms with E-state index in [0.717, 1.165) is 31.5 Å². The number of nitrogens with zero attached hydrogens (tertiary/aromatic N) is 6. The third-order valence-corrected chi connectivity index (χ3v) is 7.07. The van der Waals surface area contributed by atoms with Crippen molar-refractivity contribution in [3.63, 3.8) is 0 Å². The fraction of sp³-hybridized carbons (Fsp3) is 0.182. The molecule has 0 aliphatic rings. The van der Waals surface area contributed by atoms with Gasteiger partial charge in [0.25, 0.3) is 0 Å². The van der Waals surface area contributed by atoms with E-state index in [9.17, 15) is 9.18 Å². The van der Waals surface area contributed by atoms with E-state index in [-0.39, 0.29) is 0 Å². The third-order valence-electron chi connectivity index (χ3n) is 4.94. The molecule has 10 nitrogen and oxygen atoms in total. The lowest BCUT2D eigenvalue weighted by molar-refractivity contribution is 0.262. The number of anilines is 3. The second-order valence-electron chi connectivity index (χ2n) is 7.55. The van der Waals surface area contributed by atoms with Crippen molar-refractivity contribution in [3.8, 4) is 10.6 Å². The van der Waals surface area contributed by atoms with E-state index < -0.39 is 12.7 Å². The van der Waals surface area contributed by atoms with Crippen LogP contribution in [0.4, 0.5) is 25.8 Å². The van der Waals surface area contributed by atoms with Crippen molar-refractivity contribution >= 4 is 55.6 Å². The number of amides is 2. The number of fused-ring (bicyclic) bond motifs is 1. The lowest BCUT2D eigenvalue weighted by Crippen LogP contribution is -2.19. The van der Waals surface area contributed by atoms with Crippen LogP contribution >= 0.6 is 22.7 Å². The Bertz CT molecular complexity index is 1480. The summed E-state index contributed by atoms with van der Waals surface area (Å²) in [4.78, 5) is 27.2. The molecule has 13 heteroatoms. The monoisotopic (exact) mass is 509 g/mol. The van der Waals surface area contributed by atoms with Gasteiger partial charge in [-0.1, -0.05) is 17.3 Å². The van der Waals surface area contributed by atoms with E-state index in [1.807, 2.05) is 19.3 Å². The summed E-state index contributed by atoms with van der Waals surface area (Å²) in [6.07, 6.45) is 5.84. The van der Waals surface area contributed by atoms with Crippen LogP contribution in [-0.2, 0) is 20.1 Å². The molecule has 178 valence electrons. The summed E-state index contributed by atoms with van der Waals surface area (Å²) in [6.45, 7) is 0.0469. The second-order valence-corrected chi connectivity index (χ2v) is 9.71. The molecule has 4 heterocycles. The maximum Gasteiger partial charge on any atom is 0.325 e. The standard InChI is InChI=1S/C22H20FN9OS2/c1-32-11-17(30-31-32)18-8-16-19(35-18)20(27-12-26-16)24-6-5-15-10-25-22(34-15)29-21(33)28-14-4-2-3-13(7-14)9-23/h2-4,7-8,10-12H,5-6,9H2,1H3,(H,24,26,27)(H2,25,28,29,33). The summed E-state index contributed by atoms with van der Waals surface area (Å²) in [5.74, 6) is 0.757. The first-order chi connectivity index (χ1) is 17.1. The number of alkyl halides is 1. The number of hydrogen-bond acceptors (Lipinski definition) is 9. The Labute approximate surface area is 207 Å². The van der Waals surface area contributed by atoms with Crippen LogP contribution in [0.3, 0.4) is 0 Å². The molecule has 0 unspecified atom stereocenters. The quantitative estimate of drug-likeness (QED) is 0.277. The number of rotatable bonds is 8. The highest BCUT2D eigenvalue weighted by Crippen LogP contribution is 2.34. The molecule has 5 aromatic rings. The first kappa shape index (κ1) is 22.8. The average Bonchev–Trinajstić information content (AvgIpc) is 3.59. The topological polar surface area (TPSA) is 123 Å². The lowest BCUT2D eigenvalue weighted by Gasteiger charge is -2.06. The largest absolute Gasteiger partial charge is 0.368 e. The van der Waals surface area contributed by atoms with Crippen LogP contribution in [0.15, 0.2) is 49.1 Å². The van der Waals surface area contributed by atoms with E-state index in [1.54, 1.807) is 46.5 Å². The van der Waals surface area contributed by atoms with Crippen molar-refractivity contribution in [3.05, 3.63) is 59.5 Å². The van der Waals surface area contributed by atoms with Crippen LogP contribution < -0.4 is 16.0 Å². The molecule has 0 fully saturated rings. The predicted molar refractivity (Wildman–Crippen MR) is 136 cm³/mol. The lowest BCUT2D eigenvalue weighted by atomic mass is 10.2. The molecule has 0 aliphatic carbocycles. The molecule has 35 heavy (non-hydrogen) atoms. The average molecular weight is 510 g/mol. The first-order valence-corrected chi connectivity index (χ1v) is 12.2. The summed E-state index contributed by atoms with van der Waals surface area (Å²) in [6, 6.07) is 8.19. The molecular weight excluding hydrogens is 489 g/mol. The van der Waals surface area contributed by atoms with Crippen LogP contribution in [0.2, 0.25) is 0 Å². The number of carbonyl (C=O) groups is 1. The summed E-state index contributed by atoms with van der Waals surface area (Å²) in [7, 11) is 1.83. The van der Waals surface area contributed by atoms with Crippen molar-refractivity contribution in [1.82, 2.24) is 29.9 Å². The molecular formula is C22H20FN9OS2. The van der Waals surface area contributed by atoms with E-state index in [0.29, 0.717) is 29.3 Å². The van der Waals surface area contributed by atoms with Gasteiger partial charge in [0, 0.05) is 36.8 Å². The molecule has 0 bridgehead atoms. The number of benzene rings is 1. The number of thiophene rings is 1. The number of halogens is 1. The van der Waals surface area contributed by atoms with Gasteiger partial charge in [-0.3, -0.25) is 10.00 Å². The number of aromatic nitrogens is 6. The van der Waals surface area contributed by atoms with Crippen molar-refractivity contribution < 1.29 is 9.18 Å². The van der Waals surface area contributed by atoms with Crippen LogP contribution in [0, 0.1) is 0 Å². The summed E-state index contributed by atoms with van der Waals surface area (Å²) in [5, 5.41) is 17.4. The molecule has 1 aromatic carbocycles. The molecule has 0 saturated carbocycles. The Balaban J connectivity index is 1.17. The second kappa shape index (κ2) is 10.1. The zero-order valence-electron chi connectivity index (χ0n) is 18.5. The number of aryl methyl sites for hydroxylation is 1. The number of carbonyl (C=O) groups excluding carboxylic acids is 1. The number of hydrogen-bond donors (Lipinski definition) is 3. The molecule has 0 saturated heterocycles. The van der Waals surface area contributed by atoms with Gasteiger partial charge in [0.15, 0.2) is 5.13 Å². The molecule has 4 aromatic heterocycles. The predicted octanol–water partition coefficient (Wildman–Crippen LogP) is 4.71. The van der Waals surface area contributed by atoms with Gasteiger partial charge in [0.1, 0.15) is 24.5 Å². The van der Waals surface area contributed by atoms with Gasteiger partial charge in [-0.2, -0.15) is 0 Å². The van der Waals surface area contributed by atoms with Crippen molar-refractivity contribution in [2.24, 2.45) is 7.05 Å². The number of urea groups is 1. The normalized spacial score (nSPS) is 11.0. The van der Waals surface area contributed by atoms with Gasteiger partial charge >= 0.3 is 6.03 Å². The van der Waals surface area contributed by atoms with Crippen LogP contribution in [0.5, 0.6) is 0 Å². The summed E-state index contributed by atoms with van der Waals surface area (Å²) in [5.41, 5.74) is 2.66. The highest BCUT2D eigenvalue weighted by Gasteiger charge is 2.13. The zero-order chi connectivity index (χ0) is 24.2. The van der Waals surface area contributed by atoms with Crippen LogP contribution in [0.1, 0.15) is 10.4 Å². The molecule has 0 aliphatic heterocycles. The third kappa shape index (κ3) is 5.41. The van der Waals surface area contributed by atoms with Crippen LogP contribution in [0.25, 0.3) is 20.8 Å². The number of nitrogens with one attached hydrogen (secondary N) is 3. The molecule has 5 rings (SSSR count). The maximum atomic E-state index is 12.8. The van der Waals surface area contributed by atoms with E-state index in [4.69, 9.17) is 0 Å². The Hall–Kier alpha value is -3.97. The Morgan fingerprint density at radius 3 is 2.89 bits per heavy atom. The van der Waals surface area contributed by atoms with Gasteiger partial charge < -0.3 is 10.6 Å². The molecule has 0 atom stereocenters. The smallest absolute Gasteiger partial charge is 0.325 e. The van der Waals surface area contributed by atoms with Gasteiger partial charge in [-0.25, -0.2) is 24.1 Å². The van der Waals surface area contributed by atoms with Crippen molar-refractivity contribution in [2.45, 2.75) is 13.1 Å². The fourth-order valence-corrected chi connectivity index (χ4v) is 5.18. The first-order valence-electron chi connectivity index (χ1n) is 10.6. The van der Waals surface area contributed by atoms with E-state index in [2.05, 4.69) is 41.2 Å². The van der Waals surface area contributed by atoms with E-state index >= 15 is 0 Å². The number of thiazole rings is 1. The minimum Gasteiger partial charge on any atom is -0.368 e. The Kier molecular flexibility index (Phi) is 6.59. The summed E-state index contributed by atoms with van der Waals surface area (Å²) < 4.78 is 15.4. The molecule has 3 N–H and O–H groups in total.